The Kier molecular flexibility index (Phi) is 4.81. The Morgan fingerprint density at radius 1 is 1.33 bits per heavy atom. The largest absolute Gasteiger partial charge is 0.469 e. The van der Waals surface area contributed by atoms with Gasteiger partial charge in [-0.3, -0.25) is 4.79 Å². The van der Waals surface area contributed by atoms with Gasteiger partial charge in [0.05, 0.1) is 12.2 Å². The number of rotatable bonds is 3. The van der Waals surface area contributed by atoms with Gasteiger partial charge in [-0.25, -0.2) is 0 Å². The van der Waals surface area contributed by atoms with Crippen molar-refractivity contribution in [1.29, 1.82) is 0 Å². The van der Waals surface area contributed by atoms with Gasteiger partial charge in [0.2, 0.25) is 0 Å². The van der Waals surface area contributed by atoms with Crippen LogP contribution in [-0.2, 0) is 0 Å². The molecule has 4 nitrogen and oxygen atoms in total. The second kappa shape index (κ2) is 6.78. The number of hydrogen-bond donors (Lipinski definition) is 2. The van der Waals surface area contributed by atoms with Crippen LogP contribution in [0.4, 0.5) is 5.69 Å². The van der Waals surface area contributed by atoms with Gasteiger partial charge < -0.3 is 14.8 Å². The number of nitrogens with one attached hydrogen (secondary N) is 1. The number of amides is 1. The molecule has 0 aliphatic carbocycles. The van der Waals surface area contributed by atoms with Crippen LogP contribution in [0.5, 0.6) is 0 Å². The average Bonchev–Trinajstić information content (AvgIpc) is 2.89. The molecule has 0 fully saturated rings. The Labute approximate surface area is 123 Å². The zero-order valence-electron chi connectivity index (χ0n) is 12.1. The molecule has 0 saturated heterocycles. The highest BCUT2D eigenvalue weighted by atomic mass is 16.3. The summed E-state index contributed by atoms with van der Waals surface area (Å²) < 4.78 is 5.12. The van der Waals surface area contributed by atoms with E-state index in [1.165, 1.54) is 6.26 Å². The molecule has 1 amide bonds. The summed E-state index contributed by atoms with van der Waals surface area (Å²) in [7, 11) is 0. The number of carbonyl (C=O) groups excluding carboxylic acids is 1. The number of anilines is 1. The van der Waals surface area contributed by atoms with Gasteiger partial charge in [-0.2, -0.15) is 0 Å². The molecular weight excluding hydrogens is 266 g/mol. The van der Waals surface area contributed by atoms with Crippen molar-refractivity contribution in [1.82, 2.24) is 0 Å². The number of aliphatic hydroxyl groups is 1. The van der Waals surface area contributed by atoms with Gasteiger partial charge in [0, 0.05) is 17.7 Å². The summed E-state index contributed by atoms with van der Waals surface area (Å²) in [5.74, 6) is 6.35. The first-order chi connectivity index (χ1) is 10.1. The van der Waals surface area contributed by atoms with E-state index in [0.717, 1.165) is 11.1 Å². The Bertz CT molecular complexity index is 704. The van der Waals surface area contributed by atoms with Crippen LogP contribution in [0.3, 0.4) is 0 Å². The molecule has 0 atom stereocenters. The molecule has 0 aliphatic rings. The van der Waals surface area contributed by atoms with Crippen LogP contribution >= 0.6 is 0 Å². The molecule has 2 aromatic rings. The van der Waals surface area contributed by atoms with E-state index in [9.17, 15) is 4.79 Å². The molecule has 1 aromatic heterocycles. The Hall–Kier alpha value is -2.51. The summed E-state index contributed by atoms with van der Waals surface area (Å²) >= 11 is 0. The lowest BCUT2D eigenvalue weighted by Gasteiger charge is -2.06. The molecular formula is C17H17NO3. The summed E-state index contributed by atoms with van der Waals surface area (Å²) in [4.78, 5) is 12.0. The lowest BCUT2D eigenvalue weighted by Crippen LogP contribution is -2.11. The van der Waals surface area contributed by atoms with Crippen molar-refractivity contribution in [2.75, 3.05) is 11.9 Å². The summed E-state index contributed by atoms with van der Waals surface area (Å²) in [5, 5.41) is 11.6. The van der Waals surface area contributed by atoms with Crippen LogP contribution in [0.25, 0.3) is 0 Å². The van der Waals surface area contributed by atoms with Crippen LogP contribution in [0, 0.1) is 25.7 Å². The van der Waals surface area contributed by atoms with Crippen LogP contribution in [-0.4, -0.2) is 17.6 Å². The van der Waals surface area contributed by atoms with Crippen LogP contribution in [0.1, 0.15) is 33.7 Å². The first-order valence-corrected chi connectivity index (χ1v) is 6.67. The minimum atomic E-state index is -0.218. The summed E-state index contributed by atoms with van der Waals surface area (Å²) in [6, 6.07) is 7.24. The lowest BCUT2D eigenvalue weighted by molar-refractivity contribution is 0.102. The Morgan fingerprint density at radius 2 is 2.14 bits per heavy atom. The molecule has 0 spiro atoms. The Balaban J connectivity index is 2.16. The molecule has 0 saturated carbocycles. The highest BCUT2D eigenvalue weighted by Gasteiger charge is 2.09. The fraction of sp³-hybridized carbons (Fsp3) is 0.235. The third-order valence-electron chi connectivity index (χ3n) is 2.95. The second-order valence-electron chi connectivity index (χ2n) is 4.71. The van der Waals surface area contributed by atoms with E-state index in [2.05, 4.69) is 17.2 Å². The van der Waals surface area contributed by atoms with E-state index in [-0.39, 0.29) is 12.5 Å². The average molecular weight is 283 g/mol. The van der Waals surface area contributed by atoms with Gasteiger partial charge in [0.1, 0.15) is 12.0 Å². The fourth-order valence-electron chi connectivity index (χ4n) is 1.81. The summed E-state index contributed by atoms with van der Waals surface area (Å²) in [6.45, 7) is 3.79. The number of aliphatic hydroxyl groups excluding tert-OH is 1. The molecule has 108 valence electrons. The van der Waals surface area contributed by atoms with Crippen molar-refractivity contribution >= 4 is 11.6 Å². The third-order valence-corrected chi connectivity index (χ3v) is 2.95. The first-order valence-electron chi connectivity index (χ1n) is 6.67. The number of aryl methyl sites for hydroxylation is 2. The molecule has 2 N–H and O–H groups in total. The predicted molar refractivity (Wildman–Crippen MR) is 81.2 cm³/mol. The van der Waals surface area contributed by atoms with Gasteiger partial charge >= 0.3 is 0 Å². The minimum Gasteiger partial charge on any atom is -0.469 e. The number of hydrogen-bond acceptors (Lipinski definition) is 3. The summed E-state index contributed by atoms with van der Waals surface area (Å²) in [6.07, 6.45) is 1.87. The number of carbonyl (C=O) groups is 1. The van der Waals surface area contributed by atoms with Gasteiger partial charge in [0.15, 0.2) is 0 Å². The van der Waals surface area contributed by atoms with Crippen LogP contribution in [0.15, 0.2) is 34.9 Å². The number of benzene rings is 1. The minimum absolute atomic E-state index is 0.0440. The topological polar surface area (TPSA) is 62.5 Å². The van der Waals surface area contributed by atoms with Crippen molar-refractivity contribution in [3.8, 4) is 11.8 Å². The molecule has 4 heteroatoms. The van der Waals surface area contributed by atoms with Gasteiger partial charge in [0.25, 0.3) is 5.91 Å². The lowest BCUT2D eigenvalue weighted by atomic mass is 10.1. The third kappa shape index (κ3) is 3.98. The molecule has 0 aliphatic heterocycles. The van der Waals surface area contributed by atoms with E-state index in [1.807, 2.05) is 25.1 Å². The predicted octanol–water partition coefficient (Wildman–Crippen LogP) is 2.88. The van der Waals surface area contributed by atoms with Crippen molar-refractivity contribution in [2.24, 2.45) is 0 Å². The van der Waals surface area contributed by atoms with E-state index < -0.39 is 0 Å². The molecule has 0 unspecified atom stereocenters. The molecule has 2 rings (SSSR count). The van der Waals surface area contributed by atoms with Gasteiger partial charge in [-0.15, -0.1) is 0 Å². The molecule has 21 heavy (non-hydrogen) atoms. The van der Waals surface area contributed by atoms with E-state index in [0.29, 0.717) is 23.4 Å². The van der Waals surface area contributed by atoms with Crippen molar-refractivity contribution in [2.45, 2.75) is 20.3 Å². The van der Waals surface area contributed by atoms with E-state index in [1.54, 1.807) is 13.0 Å². The van der Waals surface area contributed by atoms with E-state index in [4.69, 9.17) is 9.52 Å². The van der Waals surface area contributed by atoms with Crippen molar-refractivity contribution < 1.29 is 14.3 Å². The zero-order valence-corrected chi connectivity index (χ0v) is 12.1. The molecule has 1 aromatic carbocycles. The number of furan rings is 1. The summed E-state index contributed by atoms with van der Waals surface area (Å²) in [5.41, 5.74) is 3.03. The van der Waals surface area contributed by atoms with Crippen LogP contribution in [0.2, 0.25) is 0 Å². The maximum absolute atomic E-state index is 12.0. The first kappa shape index (κ1) is 14.9. The quantitative estimate of drug-likeness (QED) is 0.851. The second-order valence-corrected chi connectivity index (χ2v) is 4.71. The van der Waals surface area contributed by atoms with Gasteiger partial charge in [-0.1, -0.05) is 17.9 Å². The SMILES string of the molecule is Cc1cc(C(=O)Nc2ccc(C)c(C#CCCO)c2)co1. The zero-order chi connectivity index (χ0) is 15.2. The van der Waals surface area contributed by atoms with Gasteiger partial charge in [-0.05, 0) is 37.6 Å². The smallest absolute Gasteiger partial charge is 0.258 e. The van der Waals surface area contributed by atoms with Crippen molar-refractivity contribution in [3.63, 3.8) is 0 Å². The molecule has 0 bridgehead atoms. The highest BCUT2D eigenvalue weighted by molar-refractivity contribution is 6.04. The maximum Gasteiger partial charge on any atom is 0.258 e. The maximum atomic E-state index is 12.0. The van der Waals surface area contributed by atoms with E-state index >= 15 is 0 Å². The standard InChI is InChI=1S/C17H17NO3/c1-12-6-7-16(10-14(12)5-3-4-8-19)18-17(20)15-9-13(2)21-11-15/h6-7,9-11,19H,4,8H2,1-2H3,(H,18,20). The van der Waals surface area contributed by atoms with Crippen molar-refractivity contribution in [3.05, 3.63) is 53.0 Å². The van der Waals surface area contributed by atoms with Crippen LogP contribution < -0.4 is 5.32 Å². The monoisotopic (exact) mass is 283 g/mol. The molecule has 1 heterocycles. The normalized spacial score (nSPS) is 9.86. The highest BCUT2D eigenvalue weighted by Crippen LogP contribution is 2.16. The fourth-order valence-corrected chi connectivity index (χ4v) is 1.81. The Morgan fingerprint density at radius 3 is 2.81 bits per heavy atom. The molecule has 0 radical (unpaired) electrons.